The molecule has 4 heterocycles. The van der Waals surface area contributed by atoms with E-state index in [4.69, 9.17) is 20.4 Å². The Balaban J connectivity index is 1.48. The second-order valence-corrected chi connectivity index (χ2v) is 10.6. The number of aliphatic hydroxyl groups is 2. The molecule has 2 fully saturated rings. The number of anilines is 2. The summed E-state index contributed by atoms with van der Waals surface area (Å²) in [5.74, 6) is 1.30. The van der Waals surface area contributed by atoms with Gasteiger partial charge in [0.05, 0.1) is 12.4 Å². The van der Waals surface area contributed by atoms with Gasteiger partial charge < -0.3 is 31.3 Å². The molecule has 0 amide bonds. The summed E-state index contributed by atoms with van der Waals surface area (Å²) in [6.07, 6.45) is 2.78. The Labute approximate surface area is 221 Å². The molecule has 4 atom stereocenters. The molecule has 14 heteroatoms. The molecule has 208 valence electrons. The molecule has 1 aliphatic carbocycles. The summed E-state index contributed by atoms with van der Waals surface area (Å²) in [6, 6.07) is 0.672. The van der Waals surface area contributed by atoms with Crippen LogP contribution in [-0.4, -0.2) is 80.3 Å². The number of tetrazole rings is 1. The molecular formula is C24H39N11O3. The van der Waals surface area contributed by atoms with E-state index in [1.165, 1.54) is 4.80 Å². The molecule has 0 radical (unpaired) electrons. The largest absolute Gasteiger partial charge is 0.387 e. The minimum Gasteiger partial charge on any atom is -0.387 e. The van der Waals surface area contributed by atoms with Crippen LogP contribution in [0, 0.1) is 0 Å². The molecular weight excluding hydrogens is 490 g/mol. The average Bonchev–Trinajstić information content (AvgIpc) is 3.62. The van der Waals surface area contributed by atoms with E-state index in [0.29, 0.717) is 22.9 Å². The molecule has 14 nitrogen and oxygen atoms in total. The van der Waals surface area contributed by atoms with Crippen LogP contribution < -0.4 is 16.4 Å². The number of nitrogens with zero attached hydrogens (tertiary/aromatic N) is 8. The van der Waals surface area contributed by atoms with Crippen molar-refractivity contribution in [2.24, 2.45) is 5.73 Å². The highest BCUT2D eigenvalue weighted by Gasteiger charge is 2.47. The van der Waals surface area contributed by atoms with Crippen LogP contribution >= 0.6 is 0 Å². The number of hydrogen-bond donors (Lipinski definition) is 5. The van der Waals surface area contributed by atoms with E-state index < -0.39 is 24.5 Å². The zero-order valence-electron chi connectivity index (χ0n) is 22.4. The topological polar surface area (TPSA) is 187 Å². The molecule has 38 heavy (non-hydrogen) atoms. The summed E-state index contributed by atoms with van der Waals surface area (Å²) < 4.78 is 7.75. The minimum atomic E-state index is -1.26. The van der Waals surface area contributed by atoms with Crippen LogP contribution in [0.1, 0.15) is 90.4 Å². The third-order valence-electron chi connectivity index (χ3n) is 7.53. The Kier molecular flexibility index (Phi) is 7.75. The van der Waals surface area contributed by atoms with Crippen LogP contribution in [0.3, 0.4) is 0 Å². The first-order valence-electron chi connectivity index (χ1n) is 13.6. The summed E-state index contributed by atoms with van der Waals surface area (Å²) >= 11 is 0. The van der Waals surface area contributed by atoms with Crippen LogP contribution in [0.25, 0.3) is 11.2 Å². The van der Waals surface area contributed by atoms with Gasteiger partial charge in [-0.15, -0.1) is 10.2 Å². The lowest BCUT2D eigenvalue weighted by Gasteiger charge is -2.27. The Hall–Kier alpha value is -2.94. The first-order chi connectivity index (χ1) is 18.3. The average molecular weight is 530 g/mol. The number of nitrogens with two attached hydrogens (primary N) is 1. The predicted octanol–water partition coefficient (Wildman–Crippen LogP) is 1.67. The molecule has 3 aromatic rings. The maximum Gasteiger partial charge on any atom is 0.227 e. The number of imidazole rings is 1. The van der Waals surface area contributed by atoms with E-state index in [1.54, 1.807) is 10.9 Å². The molecule has 1 aliphatic heterocycles. The third-order valence-corrected chi connectivity index (χ3v) is 7.53. The maximum absolute atomic E-state index is 11.0. The van der Waals surface area contributed by atoms with Gasteiger partial charge in [-0.2, -0.15) is 14.8 Å². The van der Waals surface area contributed by atoms with Crippen molar-refractivity contribution < 1.29 is 14.9 Å². The van der Waals surface area contributed by atoms with Crippen LogP contribution in [-0.2, 0) is 4.74 Å². The molecule has 1 saturated carbocycles. The van der Waals surface area contributed by atoms with Gasteiger partial charge in [-0.25, -0.2) is 4.98 Å². The number of rotatable bonds is 9. The predicted molar refractivity (Wildman–Crippen MR) is 140 cm³/mol. The number of fused-ring (bicyclic) bond motifs is 1. The molecule has 0 aromatic carbocycles. The highest BCUT2D eigenvalue weighted by atomic mass is 16.6. The molecule has 0 bridgehead atoms. The maximum atomic E-state index is 11.0. The van der Waals surface area contributed by atoms with Gasteiger partial charge in [-0.3, -0.25) is 4.57 Å². The first kappa shape index (κ1) is 26.7. The number of aliphatic hydroxyl groups excluding tert-OH is 2. The van der Waals surface area contributed by atoms with Crippen molar-refractivity contribution in [2.45, 2.75) is 115 Å². The lowest BCUT2D eigenvalue weighted by atomic mass is 9.92. The minimum absolute atomic E-state index is 0.00313. The van der Waals surface area contributed by atoms with E-state index in [-0.39, 0.29) is 30.0 Å². The van der Waals surface area contributed by atoms with E-state index >= 15 is 0 Å². The van der Waals surface area contributed by atoms with Gasteiger partial charge >= 0.3 is 0 Å². The zero-order valence-corrected chi connectivity index (χ0v) is 22.4. The highest BCUT2D eigenvalue weighted by Crippen LogP contribution is 2.39. The van der Waals surface area contributed by atoms with Crippen LogP contribution in [0.4, 0.5) is 11.8 Å². The third kappa shape index (κ3) is 5.17. The van der Waals surface area contributed by atoms with Crippen LogP contribution in [0.5, 0.6) is 0 Å². The van der Waals surface area contributed by atoms with Gasteiger partial charge in [0.25, 0.3) is 0 Å². The fourth-order valence-electron chi connectivity index (χ4n) is 5.07. The number of nitrogens with one attached hydrogen (secondary N) is 2. The molecule has 1 saturated heterocycles. The summed E-state index contributed by atoms with van der Waals surface area (Å²) in [5, 5.41) is 41.2. The smallest absolute Gasteiger partial charge is 0.227 e. The van der Waals surface area contributed by atoms with Crippen LogP contribution in [0.2, 0.25) is 0 Å². The van der Waals surface area contributed by atoms with Crippen molar-refractivity contribution in [3.63, 3.8) is 0 Å². The standard InChI is InChI=1S/C24H39N11O3/c1-5-14(6-2)27-20-16-22(30-24(29-20)28-15-9-7-13(25)8-10-15)34(11-26-16)23-18(37)17(36)19(38-23)21-31-33-35(32-21)12(3)4/h11-15,17-19,23,36-37H,5-10,25H2,1-4H3,(H2,27,28,29,30)/t13-,15-,17-,18+,19-,23+/m0/s1. The summed E-state index contributed by atoms with van der Waals surface area (Å²) in [7, 11) is 0. The Morgan fingerprint density at radius 1 is 1.11 bits per heavy atom. The SMILES string of the molecule is CCC(CC)Nc1nc(N[C@H]2CC[C@H](N)CC2)nc2c1ncn2[C@@H]1O[C@H](c2nnn(C(C)C)n2)[C@@H](O)[C@H]1O. The molecule has 0 unspecified atom stereocenters. The molecule has 2 aliphatic rings. The molecule has 6 N–H and O–H groups in total. The van der Waals surface area contributed by atoms with E-state index in [2.05, 4.69) is 44.9 Å². The Morgan fingerprint density at radius 3 is 2.50 bits per heavy atom. The second-order valence-electron chi connectivity index (χ2n) is 10.6. The van der Waals surface area contributed by atoms with Crippen LogP contribution in [0.15, 0.2) is 6.33 Å². The van der Waals surface area contributed by atoms with Crippen molar-refractivity contribution in [1.29, 1.82) is 0 Å². The van der Waals surface area contributed by atoms with Crippen molar-refractivity contribution in [2.75, 3.05) is 10.6 Å². The monoisotopic (exact) mass is 529 g/mol. The quantitative estimate of drug-likeness (QED) is 0.270. The Bertz CT molecular complexity index is 1220. The highest BCUT2D eigenvalue weighted by molar-refractivity contribution is 5.84. The summed E-state index contributed by atoms with van der Waals surface area (Å²) in [5.41, 5.74) is 7.14. The van der Waals surface area contributed by atoms with Crippen molar-refractivity contribution >= 4 is 22.9 Å². The molecule has 0 spiro atoms. The lowest BCUT2D eigenvalue weighted by molar-refractivity contribution is -0.0384. The van der Waals surface area contributed by atoms with E-state index in [1.807, 2.05) is 13.8 Å². The fourth-order valence-corrected chi connectivity index (χ4v) is 5.07. The number of aromatic nitrogens is 8. The number of hydrogen-bond acceptors (Lipinski definition) is 12. The van der Waals surface area contributed by atoms with Gasteiger partial charge in [0.2, 0.25) is 11.8 Å². The Morgan fingerprint density at radius 2 is 1.84 bits per heavy atom. The normalized spacial score (nSPS) is 28.0. The first-order valence-corrected chi connectivity index (χ1v) is 13.6. The van der Waals surface area contributed by atoms with Gasteiger partial charge in [-0.1, -0.05) is 13.8 Å². The van der Waals surface area contributed by atoms with Gasteiger partial charge in [0.1, 0.15) is 12.2 Å². The van der Waals surface area contributed by atoms with Crippen molar-refractivity contribution in [3.8, 4) is 0 Å². The fraction of sp³-hybridized carbons (Fsp3) is 0.750. The number of ether oxygens (including phenoxy) is 1. The second kappa shape index (κ2) is 11.0. The summed E-state index contributed by atoms with van der Waals surface area (Å²) in [4.78, 5) is 15.6. The van der Waals surface area contributed by atoms with Gasteiger partial charge in [0.15, 0.2) is 29.3 Å². The molecule has 3 aromatic heterocycles. The van der Waals surface area contributed by atoms with Gasteiger partial charge in [-0.05, 0) is 57.6 Å². The van der Waals surface area contributed by atoms with E-state index in [9.17, 15) is 10.2 Å². The molecule has 5 rings (SSSR count). The summed E-state index contributed by atoms with van der Waals surface area (Å²) in [6.45, 7) is 8.09. The van der Waals surface area contributed by atoms with E-state index in [0.717, 1.165) is 38.5 Å². The van der Waals surface area contributed by atoms with Crippen molar-refractivity contribution in [3.05, 3.63) is 12.2 Å². The van der Waals surface area contributed by atoms with Gasteiger partial charge in [0, 0.05) is 18.1 Å². The van der Waals surface area contributed by atoms with Crippen molar-refractivity contribution in [1.82, 2.24) is 39.7 Å². The lowest BCUT2D eigenvalue weighted by Crippen LogP contribution is -2.33. The zero-order chi connectivity index (χ0) is 27.0.